The minimum Gasteiger partial charge on any atom is -0.329 e. The molecule has 0 unspecified atom stereocenters. The van der Waals surface area contributed by atoms with Crippen molar-refractivity contribution in [1.29, 1.82) is 0 Å². The number of carbonyl (C=O) groups excluding carboxylic acids is 4. The number of nitrogens with two attached hydrogens (primary N) is 1. The van der Waals surface area contributed by atoms with Gasteiger partial charge in [0.15, 0.2) is 5.78 Å². The summed E-state index contributed by atoms with van der Waals surface area (Å²) in [5.41, 5.74) is 6.01. The zero-order chi connectivity index (χ0) is 16.0. The molecule has 0 atom stereocenters. The highest BCUT2D eigenvalue weighted by Crippen LogP contribution is 2.11. The topological polar surface area (TPSA) is 110 Å². The normalized spacial score (nSPS) is 9.86. The van der Waals surface area contributed by atoms with E-state index in [1.54, 1.807) is 18.2 Å². The highest BCUT2D eigenvalue weighted by atomic mass is 16.2. The first-order valence-electron chi connectivity index (χ1n) is 6.31. The SMILES string of the molecule is CC(=O)c1cccc(NC(=O)C(=O)N(CCN)C(C)=O)c1. The summed E-state index contributed by atoms with van der Waals surface area (Å²) >= 11 is 0. The molecule has 0 bridgehead atoms. The Morgan fingerprint density at radius 1 is 1.19 bits per heavy atom. The van der Waals surface area contributed by atoms with Crippen LogP contribution in [-0.4, -0.2) is 41.5 Å². The molecule has 0 radical (unpaired) electrons. The number of carbonyl (C=O) groups is 4. The number of benzene rings is 1. The van der Waals surface area contributed by atoms with E-state index < -0.39 is 17.7 Å². The molecule has 0 aliphatic rings. The fraction of sp³-hybridized carbons (Fsp3) is 0.286. The Morgan fingerprint density at radius 2 is 1.86 bits per heavy atom. The third-order valence-corrected chi connectivity index (χ3v) is 2.70. The molecule has 7 heteroatoms. The fourth-order valence-corrected chi connectivity index (χ4v) is 1.65. The monoisotopic (exact) mass is 291 g/mol. The average molecular weight is 291 g/mol. The molecule has 1 rings (SSSR count). The van der Waals surface area contributed by atoms with Crippen molar-refractivity contribution in [2.45, 2.75) is 13.8 Å². The van der Waals surface area contributed by atoms with Crippen molar-refractivity contribution in [2.75, 3.05) is 18.4 Å². The molecule has 3 N–H and O–H groups in total. The van der Waals surface area contributed by atoms with Gasteiger partial charge in [-0.2, -0.15) is 0 Å². The average Bonchev–Trinajstić information content (AvgIpc) is 2.43. The maximum atomic E-state index is 11.9. The Bertz CT molecular complexity index is 583. The van der Waals surface area contributed by atoms with E-state index >= 15 is 0 Å². The zero-order valence-electron chi connectivity index (χ0n) is 11.9. The van der Waals surface area contributed by atoms with Gasteiger partial charge in [0.2, 0.25) is 5.91 Å². The molecule has 7 nitrogen and oxygen atoms in total. The van der Waals surface area contributed by atoms with Gasteiger partial charge in [-0.1, -0.05) is 12.1 Å². The Hall–Kier alpha value is -2.54. The van der Waals surface area contributed by atoms with Crippen molar-refractivity contribution in [3.8, 4) is 0 Å². The third-order valence-electron chi connectivity index (χ3n) is 2.70. The lowest BCUT2D eigenvalue weighted by molar-refractivity contribution is -0.149. The van der Waals surface area contributed by atoms with E-state index in [9.17, 15) is 19.2 Å². The van der Waals surface area contributed by atoms with Crippen molar-refractivity contribution in [1.82, 2.24) is 4.90 Å². The maximum Gasteiger partial charge on any atom is 0.318 e. The van der Waals surface area contributed by atoms with E-state index in [0.29, 0.717) is 11.3 Å². The molecular weight excluding hydrogens is 274 g/mol. The Morgan fingerprint density at radius 3 is 2.38 bits per heavy atom. The predicted molar refractivity (Wildman–Crippen MR) is 76.5 cm³/mol. The summed E-state index contributed by atoms with van der Waals surface area (Å²) in [4.78, 5) is 47.0. The Kier molecular flexibility index (Phi) is 5.74. The van der Waals surface area contributed by atoms with Gasteiger partial charge in [-0.05, 0) is 19.1 Å². The third kappa shape index (κ3) is 4.50. The summed E-state index contributed by atoms with van der Waals surface area (Å²) in [6.07, 6.45) is 0. The van der Waals surface area contributed by atoms with Crippen molar-refractivity contribution >= 4 is 29.2 Å². The van der Waals surface area contributed by atoms with Crippen molar-refractivity contribution < 1.29 is 19.2 Å². The molecule has 0 aliphatic carbocycles. The van der Waals surface area contributed by atoms with E-state index in [1.807, 2.05) is 0 Å². The molecule has 0 fully saturated rings. The smallest absolute Gasteiger partial charge is 0.318 e. The first-order chi connectivity index (χ1) is 9.86. The molecule has 112 valence electrons. The standard InChI is InChI=1S/C14H17N3O4/c1-9(18)11-4-3-5-12(8-11)16-13(20)14(21)17(7-6-15)10(2)19/h3-5,8H,6-7,15H2,1-2H3,(H,16,20). The molecule has 0 saturated heterocycles. The quantitative estimate of drug-likeness (QED) is 0.606. The van der Waals surface area contributed by atoms with Gasteiger partial charge in [-0.15, -0.1) is 0 Å². The van der Waals surface area contributed by atoms with Gasteiger partial charge in [0.25, 0.3) is 0 Å². The lowest BCUT2D eigenvalue weighted by atomic mass is 10.1. The zero-order valence-corrected chi connectivity index (χ0v) is 11.9. The summed E-state index contributed by atoms with van der Waals surface area (Å²) in [6.45, 7) is 2.61. The van der Waals surface area contributed by atoms with Crippen LogP contribution in [0.5, 0.6) is 0 Å². The molecule has 0 saturated carbocycles. The minimum absolute atomic E-state index is 0.0327. The van der Waals surface area contributed by atoms with Crippen molar-refractivity contribution in [3.05, 3.63) is 29.8 Å². The second-order valence-corrected chi connectivity index (χ2v) is 4.36. The molecular formula is C14H17N3O4. The number of hydrogen-bond acceptors (Lipinski definition) is 5. The Labute approximate surface area is 122 Å². The van der Waals surface area contributed by atoms with E-state index in [4.69, 9.17) is 5.73 Å². The number of hydrogen-bond donors (Lipinski definition) is 2. The highest BCUT2D eigenvalue weighted by molar-refractivity contribution is 6.41. The number of nitrogens with one attached hydrogen (secondary N) is 1. The molecule has 0 aromatic heterocycles. The van der Waals surface area contributed by atoms with Gasteiger partial charge >= 0.3 is 11.8 Å². The molecule has 0 spiro atoms. The molecule has 0 heterocycles. The van der Waals surface area contributed by atoms with Crippen LogP contribution >= 0.6 is 0 Å². The van der Waals surface area contributed by atoms with E-state index in [-0.39, 0.29) is 18.9 Å². The van der Waals surface area contributed by atoms with Crippen LogP contribution in [0.25, 0.3) is 0 Å². The summed E-state index contributed by atoms with van der Waals surface area (Å²) in [7, 11) is 0. The largest absolute Gasteiger partial charge is 0.329 e. The van der Waals surface area contributed by atoms with Gasteiger partial charge < -0.3 is 11.1 Å². The summed E-state index contributed by atoms with van der Waals surface area (Å²) in [6, 6.07) is 6.17. The number of Topliss-reactive ketones (excluding diaryl/α,β-unsaturated/α-hetero) is 1. The molecule has 3 amide bonds. The first-order valence-corrected chi connectivity index (χ1v) is 6.31. The molecule has 21 heavy (non-hydrogen) atoms. The Balaban J connectivity index is 2.85. The lowest BCUT2D eigenvalue weighted by Gasteiger charge is -2.17. The number of amides is 3. The van der Waals surface area contributed by atoms with Crippen molar-refractivity contribution in [2.24, 2.45) is 5.73 Å². The second kappa shape index (κ2) is 7.30. The van der Waals surface area contributed by atoms with Crippen LogP contribution in [-0.2, 0) is 14.4 Å². The summed E-state index contributed by atoms with van der Waals surface area (Å²) in [5.74, 6) is -2.66. The molecule has 0 aliphatic heterocycles. The highest BCUT2D eigenvalue weighted by Gasteiger charge is 2.24. The van der Waals surface area contributed by atoms with Crippen LogP contribution in [0.1, 0.15) is 24.2 Å². The van der Waals surface area contributed by atoms with E-state index in [2.05, 4.69) is 5.32 Å². The van der Waals surface area contributed by atoms with Crippen LogP contribution in [0.15, 0.2) is 24.3 Å². The second-order valence-electron chi connectivity index (χ2n) is 4.36. The van der Waals surface area contributed by atoms with Crippen LogP contribution < -0.4 is 11.1 Å². The van der Waals surface area contributed by atoms with Gasteiger partial charge in [-0.25, -0.2) is 0 Å². The number of imide groups is 1. The van der Waals surface area contributed by atoms with Gasteiger partial charge in [0.1, 0.15) is 0 Å². The van der Waals surface area contributed by atoms with Crippen LogP contribution in [0.3, 0.4) is 0 Å². The van der Waals surface area contributed by atoms with Crippen LogP contribution in [0.4, 0.5) is 5.69 Å². The number of anilines is 1. The van der Waals surface area contributed by atoms with E-state index in [1.165, 1.54) is 19.9 Å². The predicted octanol–water partition coefficient (Wildman–Crippen LogP) is 0.162. The van der Waals surface area contributed by atoms with Gasteiger partial charge in [0.05, 0.1) is 0 Å². The maximum absolute atomic E-state index is 11.9. The number of rotatable bonds is 4. The number of ketones is 1. The minimum atomic E-state index is -0.985. The first kappa shape index (κ1) is 16.5. The lowest BCUT2D eigenvalue weighted by Crippen LogP contribution is -2.44. The van der Waals surface area contributed by atoms with Crippen molar-refractivity contribution in [3.63, 3.8) is 0 Å². The summed E-state index contributed by atoms with van der Waals surface area (Å²) < 4.78 is 0. The molecule has 1 aromatic carbocycles. The fourth-order valence-electron chi connectivity index (χ4n) is 1.65. The molecule has 1 aromatic rings. The number of nitrogens with zero attached hydrogens (tertiary/aromatic N) is 1. The van der Waals surface area contributed by atoms with Gasteiger partial charge in [0, 0.05) is 31.3 Å². The van der Waals surface area contributed by atoms with Gasteiger partial charge in [-0.3, -0.25) is 24.1 Å². The van der Waals surface area contributed by atoms with Crippen LogP contribution in [0.2, 0.25) is 0 Å². The van der Waals surface area contributed by atoms with E-state index in [0.717, 1.165) is 4.90 Å². The van der Waals surface area contributed by atoms with Crippen LogP contribution in [0, 0.1) is 0 Å². The summed E-state index contributed by atoms with van der Waals surface area (Å²) in [5, 5.41) is 2.36.